The molecule has 0 unspecified atom stereocenters. The molecule has 5 nitrogen and oxygen atoms in total. The van der Waals surface area contributed by atoms with E-state index in [2.05, 4.69) is 20.5 Å². The van der Waals surface area contributed by atoms with Crippen LogP contribution in [0, 0.1) is 0 Å². The Labute approximate surface area is 160 Å². The van der Waals surface area contributed by atoms with Crippen LogP contribution in [0.5, 0.6) is 0 Å². The van der Waals surface area contributed by atoms with E-state index in [9.17, 15) is 4.79 Å². The van der Waals surface area contributed by atoms with E-state index >= 15 is 0 Å². The number of amides is 1. The molecule has 10 heteroatoms. The Balaban J connectivity index is 1.60. The summed E-state index contributed by atoms with van der Waals surface area (Å²) in [6.07, 6.45) is 0. The average molecular weight is 420 g/mol. The first-order chi connectivity index (χ1) is 11.5. The number of aromatic amines is 1. The van der Waals surface area contributed by atoms with Crippen molar-refractivity contribution in [3.8, 4) is 10.7 Å². The van der Waals surface area contributed by atoms with Crippen molar-refractivity contribution in [2.45, 2.75) is 5.16 Å². The smallest absolute Gasteiger partial charge is 0.234 e. The highest BCUT2D eigenvalue weighted by atomic mass is 35.5. The highest BCUT2D eigenvalue weighted by Crippen LogP contribution is 2.33. The molecule has 0 fully saturated rings. The SMILES string of the molecule is O=C(CSc1n[nH]c(-c2cccs2)n1)Nc1c(Cl)cc(Cl)cc1Cl. The normalized spacial score (nSPS) is 10.8. The number of carbonyl (C=O) groups is 1. The lowest BCUT2D eigenvalue weighted by molar-refractivity contribution is -0.113. The summed E-state index contributed by atoms with van der Waals surface area (Å²) in [4.78, 5) is 17.4. The van der Waals surface area contributed by atoms with E-state index in [1.165, 1.54) is 23.9 Å². The number of halogens is 3. The Kier molecular flexibility index (Phi) is 5.68. The van der Waals surface area contributed by atoms with Crippen LogP contribution in [0.4, 0.5) is 5.69 Å². The van der Waals surface area contributed by atoms with Crippen molar-refractivity contribution in [3.63, 3.8) is 0 Å². The lowest BCUT2D eigenvalue weighted by Crippen LogP contribution is -2.14. The van der Waals surface area contributed by atoms with Crippen LogP contribution in [0.25, 0.3) is 10.7 Å². The fraction of sp³-hybridized carbons (Fsp3) is 0.0714. The van der Waals surface area contributed by atoms with E-state index in [1.807, 2.05) is 17.5 Å². The van der Waals surface area contributed by atoms with Crippen LogP contribution >= 0.6 is 57.9 Å². The van der Waals surface area contributed by atoms with E-state index in [-0.39, 0.29) is 21.7 Å². The predicted octanol–water partition coefficient (Wildman–Crippen LogP) is 5.22. The van der Waals surface area contributed by atoms with Gasteiger partial charge in [0.2, 0.25) is 11.1 Å². The van der Waals surface area contributed by atoms with Gasteiger partial charge in [0.05, 0.1) is 26.4 Å². The number of anilines is 1. The van der Waals surface area contributed by atoms with E-state index in [0.717, 1.165) is 4.88 Å². The minimum atomic E-state index is -0.270. The number of thiophene rings is 1. The molecule has 2 heterocycles. The maximum absolute atomic E-state index is 12.1. The third-order valence-electron chi connectivity index (χ3n) is 2.82. The number of nitrogens with one attached hydrogen (secondary N) is 2. The topological polar surface area (TPSA) is 70.7 Å². The van der Waals surface area contributed by atoms with Crippen LogP contribution in [0.1, 0.15) is 0 Å². The minimum absolute atomic E-state index is 0.122. The van der Waals surface area contributed by atoms with Crippen molar-refractivity contribution in [2.75, 3.05) is 11.1 Å². The predicted molar refractivity (Wildman–Crippen MR) is 101 cm³/mol. The minimum Gasteiger partial charge on any atom is -0.323 e. The third-order valence-corrected chi connectivity index (χ3v) is 5.36. The maximum atomic E-state index is 12.1. The zero-order valence-electron chi connectivity index (χ0n) is 11.8. The van der Waals surface area contributed by atoms with Gasteiger partial charge in [0, 0.05) is 5.02 Å². The molecular formula is C14H9Cl3N4OS2. The first-order valence-corrected chi connectivity index (χ1v) is 9.56. The summed E-state index contributed by atoms with van der Waals surface area (Å²) in [6, 6.07) is 6.90. The summed E-state index contributed by atoms with van der Waals surface area (Å²) in [5, 5.41) is 13.0. The number of aromatic nitrogens is 3. The van der Waals surface area contributed by atoms with Crippen molar-refractivity contribution < 1.29 is 4.79 Å². The average Bonchev–Trinajstić information content (AvgIpc) is 3.19. The lowest BCUT2D eigenvalue weighted by Gasteiger charge is -2.09. The van der Waals surface area contributed by atoms with Crippen molar-refractivity contribution in [1.82, 2.24) is 15.2 Å². The molecule has 1 aromatic carbocycles. The Hall–Kier alpha value is -1.25. The van der Waals surface area contributed by atoms with Gasteiger partial charge in [-0.1, -0.05) is 52.6 Å². The largest absolute Gasteiger partial charge is 0.323 e. The highest BCUT2D eigenvalue weighted by Gasteiger charge is 2.13. The molecule has 0 bridgehead atoms. The number of H-pyrrole nitrogens is 1. The van der Waals surface area contributed by atoms with Gasteiger partial charge in [-0.15, -0.1) is 16.4 Å². The number of thioether (sulfide) groups is 1. The second kappa shape index (κ2) is 7.76. The van der Waals surface area contributed by atoms with Crippen LogP contribution in [-0.4, -0.2) is 26.8 Å². The number of hydrogen-bond acceptors (Lipinski definition) is 5. The van der Waals surface area contributed by atoms with Gasteiger partial charge in [-0.3, -0.25) is 9.89 Å². The van der Waals surface area contributed by atoms with Gasteiger partial charge in [-0.2, -0.15) is 0 Å². The molecule has 0 aliphatic heterocycles. The van der Waals surface area contributed by atoms with Gasteiger partial charge in [0.1, 0.15) is 0 Å². The number of rotatable bonds is 5. The van der Waals surface area contributed by atoms with Gasteiger partial charge < -0.3 is 5.32 Å². The number of carbonyl (C=O) groups excluding carboxylic acids is 1. The Morgan fingerprint density at radius 3 is 2.71 bits per heavy atom. The van der Waals surface area contributed by atoms with E-state index in [4.69, 9.17) is 34.8 Å². The molecule has 0 saturated carbocycles. The van der Waals surface area contributed by atoms with Crippen molar-refractivity contribution in [3.05, 3.63) is 44.7 Å². The highest BCUT2D eigenvalue weighted by molar-refractivity contribution is 7.99. The van der Waals surface area contributed by atoms with Crippen molar-refractivity contribution >= 4 is 69.5 Å². The summed E-state index contributed by atoms with van der Waals surface area (Å²) < 4.78 is 0. The van der Waals surface area contributed by atoms with E-state index < -0.39 is 0 Å². The summed E-state index contributed by atoms with van der Waals surface area (Å²) in [5.41, 5.74) is 0.336. The molecule has 24 heavy (non-hydrogen) atoms. The quantitative estimate of drug-likeness (QED) is 0.556. The molecule has 2 N–H and O–H groups in total. The molecule has 3 aromatic rings. The zero-order chi connectivity index (χ0) is 17.1. The first-order valence-electron chi connectivity index (χ1n) is 6.56. The molecule has 2 aromatic heterocycles. The number of benzene rings is 1. The molecule has 0 radical (unpaired) electrons. The monoisotopic (exact) mass is 418 g/mol. The Morgan fingerprint density at radius 1 is 1.29 bits per heavy atom. The van der Waals surface area contributed by atoms with Gasteiger partial charge in [-0.05, 0) is 23.6 Å². The molecule has 0 saturated heterocycles. The van der Waals surface area contributed by atoms with Gasteiger partial charge in [-0.25, -0.2) is 4.98 Å². The van der Waals surface area contributed by atoms with E-state index in [0.29, 0.717) is 21.7 Å². The summed E-state index contributed by atoms with van der Waals surface area (Å²) in [7, 11) is 0. The molecular weight excluding hydrogens is 411 g/mol. The Morgan fingerprint density at radius 2 is 2.04 bits per heavy atom. The molecule has 0 spiro atoms. The van der Waals surface area contributed by atoms with Crippen LogP contribution in [0.3, 0.4) is 0 Å². The first kappa shape index (κ1) is 17.6. The fourth-order valence-corrected chi connectivity index (χ4v) is 3.98. The molecule has 1 amide bonds. The van der Waals surface area contributed by atoms with Crippen molar-refractivity contribution in [2.24, 2.45) is 0 Å². The molecule has 3 rings (SSSR count). The zero-order valence-corrected chi connectivity index (χ0v) is 15.7. The standard InChI is InChI=1S/C14H9Cl3N4OS2/c15-7-4-8(16)12(9(17)5-7)18-11(22)6-24-14-19-13(20-21-14)10-2-1-3-23-10/h1-5H,6H2,(H,18,22)(H,19,20,21). The maximum Gasteiger partial charge on any atom is 0.234 e. The van der Waals surface area contributed by atoms with Crippen LogP contribution in [0.2, 0.25) is 15.1 Å². The fourth-order valence-electron chi connectivity index (χ4n) is 1.80. The van der Waals surface area contributed by atoms with Gasteiger partial charge in [0.25, 0.3) is 0 Å². The van der Waals surface area contributed by atoms with E-state index in [1.54, 1.807) is 11.3 Å². The third kappa shape index (κ3) is 4.23. The van der Waals surface area contributed by atoms with Gasteiger partial charge >= 0.3 is 0 Å². The second-order valence-corrected chi connectivity index (χ2v) is 7.67. The van der Waals surface area contributed by atoms with Crippen molar-refractivity contribution in [1.29, 1.82) is 0 Å². The second-order valence-electron chi connectivity index (χ2n) is 4.53. The Bertz CT molecular complexity index is 844. The lowest BCUT2D eigenvalue weighted by atomic mass is 10.3. The number of nitrogens with zero attached hydrogens (tertiary/aromatic N) is 2. The molecule has 0 aliphatic rings. The summed E-state index contributed by atoms with van der Waals surface area (Å²) >= 11 is 20.7. The summed E-state index contributed by atoms with van der Waals surface area (Å²) in [6.45, 7) is 0. The molecule has 0 atom stereocenters. The summed E-state index contributed by atoms with van der Waals surface area (Å²) in [5.74, 6) is 0.530. The van der Waals surface area contributed by atoms with Crippen LogP contribution in [-0.2, 0) is 4.79 Å². The number of hydrogen-bond donors (Lipinski definition) is 2. The van der Waals surface area contributed by atoms with Gasteiger partial charge in [0.15, 0.2) is 5.82 Å². The van der Waals surface area contributed by atoms with Crippen LogP contribution < -0.4 is 5.32 Å². The molecule has 0 aliphatic carbocycles. The van der Waals surface area contributed by atoms with Crippen LogP contribution in [0.15, 0.2) is 34.8 Å². The molecule has 124 valence electrons.